The molecule has 0 fully saturated rings. The highest BCUT2D eigenvalue weighted by molar-refractivity contribution is 5.36. The fraction of sp³-hybridized carbons (Fsp3) is 0.750. The van der Waals surface area contributed by atoms with Gasteiger partial charge in [-0.1, -0.05) is 5.64 Å². The summed E-state index contributed by atoms with van der Waals surface area (Å²) in [6.45, 7) is 2.41. The van der Waals surface area contributed by atoms with E-state index in [4.69, 9.17) is 0 Å². The number of hydrogen-bond acceptors (Lipinski definition) is 5. The lowest BCUT2D eigenvalue weighted by atomic mass is 10.9. The molecule has 0 rings (SSSR count). The maximum absolute atomic E-state index is 9.47. The molecule has 9 heavy (non-hydrogen) atoms. The van der Waals surface area contributed by atoms with E-state index in [9.17, 15) is 4.79 Å². The zero-order valence-electron chi connectivity index (χ0n) is 5.12. The topological polar surface area (TPSA) is 56.8 Å². The van der Waals surface area contributed by atoms with Crippen LogP contribution in [0.5, 0.6) is 0 Å². The van der Waals surface area contributed by atoms with Crippen LogP contribution in [-0.2, 0) is 19.2 Å². The van der Waals surface area contributed by atoms with E-state index in [-0.39, 0.29) is 13.3 Å². The highest BCUT2D eigenvalue weighted by Crippen LogP contribution is 1.68. The second-order valence-electron chi connectivity index (χ2n) is 1.04. The molecule has 0 aliphatic carbocycles. The van der Waals surface area contributed by atoms with E-state index >= 15 is 0 Å². The monoisotopic (exact) mass is 135 g/mol. The van der Waals surface area contributed by atoms with Gasteiger partial charge in [0.15, 0.2) is 0 Å². The van der Waals surface area contributed by atoms with Crippen molar-refractivity contribution >= 4 is 6.47 Å². The number of rotatable bonds is 6. The number of hydrogen-bond donors (Lipinski definition) is 1. The van der Waals surface area contributed by atoms with Crippen LogP contribution in [0.3, 0.4) is 0 Å². The molecule has 5 heteroatoms. The van der Waals surface area contributed by atoms with Crippen molar-refractivity contribution in [1.82, 2.24) is 5.64 Å². The zero-order valence-corrected chi connectivity index (χ0v) is 5.12. The molecule has 0 aliphatic rings. The summed E-state index contributed by atoms with van der Waals surface area (Å²) in [7, 11) is 0. The van der Waals surface area contributed by atoms with E-state index in [1.54, 1.807) is 6.92 Å². The number of carbonyl (C=O) groups excluding carboxylic acids is 1. The third-order valence-electron chi connectivity index (χ3n) is 0.457. The molecule has 0 saturated carbocycles. The minimum absolute atomic E-state index is 0.149. The van der Waals surface area contributed by atoms with Gasteiger partial charge in [0.1, 0.15) is 0 Å². The largest absolute Gasteiger partial charge is 0.439 e. The first kappa shape index (κ1) is 8.35. The van der Waals surface area contributed by atoms with Gasteiger partial charge in [-0.3, -0.25) is 9.63 Å². The molecule has 0 unspecified atom stereocenters. The average molecular weight is 135 g/mol. The van der Waals surface area contributed by atoms with E-state index < -0.39 is 0 Å². The van der Waals surface area contributed by atoms with Crippen molar-refractivity contribution < 1.29 is 19.2 Å². The lowest BCUT2D eigenvalue weighted by molar-refractivity contribution is -0.212. The minimum Gasteiger partial charge on any atom is -0.439 e. The molecule has 1 N–H and O–H groups in total. The Labute approximate surface area is 52.8 Å². The van der Waals surface area contributed by atoms with Gasteiger partial charge in [0.05, 0.1) is 6.61 Å². The summed E-state index contributed by atoms with van der Waals surface area (Å²) in [4.78, 5) is 18.4. The van der Waals surface area contributed by atoms with Crippen molar-refractivity contribution in [3.8, 4) is 0 Å². The molecule has 0 aliphatic heterocycles. The normalized spacial score (nSPS) is 9.00. The fourth-order valence-corrected chi connectivity index (χ4v) is 0.186. The average Bonchev–Trinajstić information content (AvgIpc) is 1.89. The molecular weight excluding hydrogens is 126 g/mol. The minimum atomic E-state index is -0.149. The lowest BCUT2D eigenvalue weighted by Gasteiger charge is -2.00. The summed E-state index contributed by atoms with van der Waals surface area (Å²) in [6, 6.07) is 0. The van der Waals surface area contributed by atoms with Gasteiger partial charge in [0.25, 0.3) is 6.47 Å². The molecule has 0 radical (unpaired) electrons. The van der Waals surface area contributed by atoms with Crippen LogP contribution in [0.2, 0.25) is 0 Å². The SMILES string of the molecule is CCONOCOC=O. The highest BCUT2D eigenvalue weighted by atomic mass is 16.9. The Morgan fingerprint density at radius 3 is 2.89 bits per heavy atom. The molecular formula is C4H9NO4. The lowest BCUT2D eigenvalue weighted by Crippen LogP contribution is -2.16. The van der Waals surface area contributed by atoms with Gasteiger partial charge in [0, 0.05) is 0 Å². The molecule has 0 bridgehead atoms. The summed E-state index contributed by atoms with van der Waals surface area (Å²) >= 11 is 0. The Kier molecular flexibility index (Phi) is 6.82. The molecule has 54 valence electrons. The molecule has 0 amide bonds. The first-order chi connectivity index (χ1) is 4.41. The molecule has 0 saturated heterocycles. The third-order valence-corrected chi connectivity index (χ3v) is 0.457. The Morgan fingerprint density at radius 2 is 2.33 bits per heavy atom. The van der Waals surface area contributed by atoms with Gasteiger partial charge in [-0.15, -0.1) is 0 Å². The second kappa shape index (κ2) is 7.35. The van der Waals surface area contributed by atoms with Crippen LogP contribution in [0.15, 0.2) is 0 Å². The van der Waals surface area contributed by atoms with Crippen LogP contribution in [0.4, 0.5) is 0 Å². The van der Waals surface area contributed by atoms with E-state index in [0.717, 1.165) is 0 Å². The Bertz CT molecular complexity index is 67.6. The van der Waals surface area contributed by atoms with Gasteiger partial charge in [-0.2, -0.15) is 0 Å². The standard InChI is InChI=1S/C4H9NO4/c1-2-8-5-9-4-7-3-6/h3,5H,2,4H2,1H3. The van der Waals surface area contributed by atoms with Crippen molar-refractivity contribution in [3.63, 3.8) is 0 Å². The summed E-state index contributed by atoms with van der Waals surface area (Å²) < 4.78 is 4.13. The molecule has 0 heterocycles. The number of carbonyl (C=O) groups is 1. The first-order valence-corrected chi connectivity index (χ1v) is 2.45. The van der Waals surface area contributed by atoms with E-state index in [1.165, 1.54) is 0 Å². The van der Waals surface area contributed by atoms with E-state index in [0.29, 0.717) is 6.61 Å². The zero-order chi connectivity index (χ0) is 6.95. The summed E-state index contributed by atoms with van der Waals surface area (Å²) in [6.07, 6.45) is 0. The van der Waals surface area contributed by atoms with Crippen LogP contribution in [-0.4, -0.2) is 19.9 Å². The Balaban J connectivity index is 2.66. The molecule has 0 aromatic rings. The highest BCUT2D eigenvalue weighted by Gasteiger charge is 1.81. The van der Waals surface area contributed by atoms with Crippen molar-refractivity contribution in [2.75, 3.05) is 13.4 Å². The maximum atomic E-state index is 9.47. The van der Waals surface area contributed by atoms with Crippen LogP contribution in [0, 0.1) is 0 Å². The molecule has 5 nitrogen and oxygen atoms in total. The van der Waals surface area contributed by atoms with Gasteiger partial charge < -0.3 is 4.74 Å². The second-order valence-corrected chi connectivity index (χ2v) is 1.04. The maximum Gasteiger partial charge on any atom is 0.295 e. The van der Waals surface area contributed by atoms with E-state index in [1.807, 2.05) is 0 Å². The Morgan fingerprint density at radius 1 is 1.56 bits per heavy atom. The smallest absolute Gasteiger partial charge is 0.295 e. The molecule has 0 spiro atoms. The van der Waals surface area contributed by atoms with Crippen molar-refractivity contribution in [1.29, 1.82) is 0 Å². The summed E-state index contributed by atoms with van der Waals surface area (Å²) in [5.41, 5.74) is 2.09. The van der Waals surface area contributed by atoms with Crippen LogP contribution < -0.4 is 5.64 Å². The summed E-state index contributed by atoms with van der Waals surface area (Å²) in [5, 5.41) is 0. The van der Waals surface area contributed by atoms with Gasteiger partial charge in [-0.25, -0.2) is 4.84 Å². The van der Waals surface area contributed by atoms with Crippen molar-refractivity contribution in [2.45, 2.75) is 6.92 Å². The van der Waals surface area contributed by atoms with Crippen LogP contribution >= 0.6 is 0 Å². The van der Waals surface area contributed by atoms with Crippen LogP contribution in [0.25, 0.3) is 0 Å². The number of nitrogens with one attached hydrogen (secondary N) is 1. The first-order valence-electron chi connectivity index (χ1n) is 2.45. The predicted octanol–water partition coefficient (Wildman–Crippen LogP) is -0.410. The van der Waals surface area contributed by atoms with Crippen LogP contribution in [0.1, 0.15) is 6.92 Å². The molecule has 0 atom stereocenters. The summed E-state index contributed by atoms with van der Waals surface area (Å²) in [5.74, 6) is 0. The Hall–Kier alpha value is -0.650. The molecule has 0 aromatic heterocycles. The van der Waals surface area contributed by atoms with Gasteiger partial charge in [-0.05, 0) is 6.92 Å². The van der Waals surface area contributed by atoms with E-state index in [2.05, 4.69) is 20.1 Å². The molecule has 0 aromatic carbocycles. The quantitative estimate of drug-likeness (QED) is 0.232. The number of ether oxygens (including phenoxy) is 1. The third kappa shape index (κ3) is 7.35. The van der Waals surface area contributed by atoms with Gasteiger partial charge in [0.2, 0.25) is 6.79 Å². The fourth-order valence-electron chi connectivity index (χ4n) is 0.186. The predicted molar refractivity (Wildman–Crippen MR) is 27.9 cm³/mol. The van der Waals surface area contributed by atoms with Gasteiger partial charge >= 0.3 is 0 Å². The van der Waals surface area contributed by atoms with Crippen molar-refractivity contribution in [2.24, 2.45) is 0 Å². The van der Waals surface area contributed by atoms with Crippen molar-refractivity contribution in [3.05, 3.63) is 0 Å².